The summed E-state index contributed by atoms with van der Waals surface area (Å²) in [5.41, 5.74) is 1.23. The van der Waals surface area contributed by atoms with Gasteiger partial charge in [0.1, 0.15) is 0 Å². The molecule has 1 aromatic heterocycles. The summed E-state index contributed by atoms with van der Waals surface area (Å²) < 4.78 is 0. The number of aryl methyl sites for hydroxylation is 1. The molecule has 1 heterocycles. The Bertz CT molecular complexity index is 487. The summed E-state index contributed by atoms with van der Waals surface area (Å²) in [6.45, 7) is 1.82. The van der Waals surface area contributed by atoms with Gasteiger partial charge in [-0.3, -0.25) is 4.79 Å². The molecule has 20 heavy (non-hydrogen) atoms. The number of carbonyl (C=O) groups is 2. The number of fused-ring (bicyclic) bond motifs is 1. The normalized spacial score (nSPS) is 18.9. The van der Waals surface area contributed by atoms with E-state index < -0.39 is 5.97 Å². The lowest BCUT2D eigenvalue weighted by Crippen LogP contribution is -2.43. The molecular formula is C14H20N2O3S. The van der Waals surface area contributed by atoms with E-state index in [1.165, 1.54) is 10.4 Å². The van der Waals surface area contributed by atoms with Crippen LogP contribution in [-0.4, -0.2) is 23.1 Å². The number of carbonyl (C=O) groups excluding carboxylic acids is 1. The highest BCUT2D eigenvalue weighted by molar-refractivity contribution is 7.10. The second kappa shape index (κ2) is 6.74. The van der Waals surface area contributed by atoms with Crippen molar-refractivity contribution in [1.82, 2.24) is 10.6 Å². The van der Waals surface area contributed by atoms with Gasteiger partial charge in [-0.2, -0.15) is 0 Å². The van der Waals surface area contributed by atoms with E-state index in [4.69, 9.17) is 5.11 Å². The van der Waals surface area contributed by atoms with Crippen LogP contribution in [0.5, 0.6) is 0 Å². The van der Waals surface area contributed by atoms with Crippen LogP contribution in [0.25, 0.3) is 0 Å². The molecule has 0 radical (unpaired) electrons. The summed E-state index contributed by atoms with van der Waals surface area (Å²) in [6, 6.07) is 1.80. The molecule has 1 aliphatic rings. The van der Waals surface area contributed by atoms with Gasteiger partial charge in [-0.1, -0.05) is 0 Å². The smallest absolute Gasteiger partial charge is 0.315 e. The van der Waals surface area contributed by atoms with Crippen LogP contribution >= 0.6 is 11.3 Å². The third-order valence-electron chi connectivity index (χ3n) is 3.53. The van der Waals surface area contributed by atoms with Gasteiger partial charge >= 0.3 is 12.0 Å². The minimum atomic E-state index is -0.839. The van der Waals surface area contributed by atoms with Gasteiger partial charge in [0.15, 0.2) is 0 Å². The first-order chi connectivity index (χ1) is 9.56. The molecule has 1 aromatic rings. The number of rotatable bonds is 5. The Kier molecular flexibility index (Phi) is 5.00. The maximum atomic E-state index is 11.9. The highest BCUT2D eigenvalue weighted by atomic mass is 32.1. The lowest BCUT2D eigenvalue weighted by molar-refractivity contribution is -0.137. The molecule has 3 N–H and O–H groups in total. The summed E-state index contributed by atoms with van der Waals surface area (Å²) >= 11 is 1.74. The van der Waals surface area contributed by atoms with Crippen LogP contribution < -0.4 is 10.6 Å². The third-order valence-corrected chi connectivity index (χ3v) is 4.52. The predicted molar refractivity (Wildman–Crippen MR) is 78.0 cm³/mol. The van der Waals surface area contributed by atoms with E-state index in [0.717, 1.165) is 19.3 Å². The molecule has 1 aliphatic carbocycles. The zero-order valence-electron chi connectivity index (χ0n) is 11.5. The molecule has 0 aromatic carbocycles. The first kappa shape index (κ1) is 14.8. The molecule has 0 spiro atoms. The molecule has 6 heteroatoms. The van der Waals surface area contributed by atoms with Crippen LogP contribution in [-0.2, 0) is 11.2 Å². The number of nitrogens with one attached hydrogen (secondary N) is 2. The number of aliphatic carboxylic acids is 1. The zero-order chi connectivity index (χ0) is 14.5. The van der Waals surface area contributed by atoms with Gasteiger partial charge in [0.25, 0.3) is 0 Å². The van der Waals surface area contributed by atoms with Crippen molar-refractivity contribution in [2.45, 2.75) is 51.1 Å². The van der Waals surface area contributed by atoms with E-state index in [-0.39, 0.29) is 24.5 Å². The SMILES string of the molecule is CC(CCC(=O)O)NC(=O)NC1CCCc2sccc21. The third kappa shape index (κ3) is 3.96. The minimum absolute atomic E-state index is 0.0690. The van der Waals surface area contributed by atoms with Crippen molar-refractivity contribution in [1.29, 1.82) is 0 Å². The predicted octanol–water partition coefficient (Wildman–Crippen LogP) is 2.68. The van der Waals surface area contributed by atoms with Gasteiger partial charge in [-0.25, -0.2) is 4.79 Å². The van der Waals surface area contributed by atoms with E-state index in [0.29, 0.717) is 6.42 Å². The number of urea groups is 1. The van der Waals surface area contributed by atoms with Crippen molar-refractivity contribution >= 4 is 23.3 Å². The summed E-state index contributed by atoms with van der Waals surface area (Å²) in [6.07, 6.45) is 3.66. The summed E-state index contributed by atoms with van der Waals surface area (Å²) in [7, 11) is 0. The zero-order valence-corrected chi connectivity index (χ0v) is 12.3. The molecule has 0 fully saturated rings. The van der Waals surface area contributed by atoms with E-state index >= 15 is 0 Å². The second-order valence-corrected chi connectivity index (χ2v) is 6.20. The van der Waals surface area contributed by atoms with Gasteiger partial charge in [0.2, 0.25) is 0 Å². The van der Waals surface area contributed by atoms with Crippen LogP contribution in [0.4, 0.5) is 4.79 Å². The lowest BCUT2D eigenvalue weighted by Gasteiger charge is -2.24. The number of carboxylic acid groups (broad SMARTS) is 1. The van der Waals surface area contributed by atoms with Crippen molar-refractivity contribution in [2.24, 2.45) is 0 Å². The van der Waals surface area contributed by atoms with Gasteiger partial charge < -0.3 is 15.7 Å². The Morgan fingerprint density at radius 1 is 1.55 bits per heavy atom. The number of thiophene rings is 1. The number of hydrogen-bond donors (Lipinski definition) is 3. The molecule has 2 unspecified atom stereocenters. The van der Waals surface area contributed by atoms with E-state index in [1.54, 1.807) is 11.3 Å². The summed E-state index contributed by atoms with van der Waals surface area (Å²) in [5.74, 6) is -0.839. The average Bonchev–Trinajstić information content (AvgIpc) is 2.85. The molecule has 0 aliphatic heterocycles. The summed E-state index contributed by atoms with van der Waals surface area (Å²) in [5, 5.41) is 16.5. The molecule has 2 atom stereocenters. The molecule has 5 nitrogen and oxygen atoms in total. The first-order valence-electron chi connectivity index (χ1n) is 6.91. The lowest BCUT2D eigenvalue weighted by atomic mass is 9.94. The average molecular weight is 296 g/mol. The minimum Gasteiger partial charge on any atom is -0.481 e. The van der Waals surface area contributed by atoms with Gasteiger partial charge in [-0.05, 0) is 49.6 Å². The topological polar surface area (TPSA) is 78.4 Å². The largest absolute Gasteiger partial charge is 0.481 e. The van der Waals surface area contributed by atoms with Gasteiger partial charge in [0.05, 0.1) is 6.04 Å². The van der Waals surface area contributed by atoms with Crippen molar-refractivity contribution in [2.75, 3.05) is 0 Å². The number of carboxylic acids is 1. The Balaban J connectivity index is 1.82. The monoisotopic (exact) mass is 296 g/mol. The number of hydrogen-bond acceptors (Lipinski definition) is 3. The molecular weight excluding hydrogens is 276 g/mol. The molecule has 2 amide bonds. The van der Waals surface area contributed by atoms with Crippen LogP contribution in [0.1, 0.15) is 49.1 Å². The second-order valence-electron chi connectivity index (χ2n) is 5.20. The Labute approximate surface area is 122 Å². The van der Waals surface area contributed by atoms with E-state index in [1.807, 2.05) is 6.92 Å². The van der Waals surface area contributed by atoms with Crippen molar-refractivity contribution in [3.05, 3.63) is 21.9 Å². The van der Waals surface area contributed by atoms with Crippen LogP contribution in [0.3, 0.4) is 0 Å². The highest BCUT2D eigenvalue weighted by Crippen LogP contribution is 2.33. The van der Waals surface area contributed by atoms with Crippen LogP contribution in [0.2, 0.25) is 0 Å². The summed E-state index contributed by atoms with van der Waals surface area (Å²) in [4.78, 5) is 23.8. The standard InChI is InChI=1S/C14H20N2O3S/c1-9(5-6-13(17)18)15-14(19)16-11-3-2-4-12-10(11)7-8-20-12/h7-9,11H,2-6H2,1H3,(H,17,18)(H2,15,16,19). The fourth-order valence-corrected chi connectivity index (χ4v) is 3.46. The van der Waals surface area contributed by atoms with Gasteiger partial charge in [-0.15, -0.1) is 11.3 Å². The Morgan fingerprint density at radius 3 is 3.10 bits per heavy atom. The fourth-order valence-electron chi connectivity index (χ4n) is 2.47. The molecule has 0 bridgehead atoms. The Morgan fingerprint density at radius 2 is 2.35 bits per heavy atom. The van der Waals surface area contributed by atoms with Crippen molar-refractivity contribution < 1.29 is 14.7 Å². The molecule has 0 saturated heterocycles. The highest BCUT2D eigenvalue weighted by Gasteiger charge is 2.23. The van der Waals surface area contributed by atoms with E-state index in [9.17, 15) is 9.59 Å². The Hall–Kier alpha value is -1.56. The van der Waals surface area contributed by atoms with Crippen molar-refractivity contribution in [3.8, 4) is 0 Å². The maximum absolute atomic E-state index is 11.9. The first-order valence-corrected chi connectivity index (χ1v) is 7.79. The van der Waals surface area contributed by atoms with Crippen LogP contribution in [0, 0.1) is 0 Å². The fraction of sp³-hybridized carbons (Fsp3) is 0.571. The quantitative estimate of drug-likeness (QED) is 0.781. The molecule has 0 saturated carbocycles. The molecule has 2 rings (SSSR count). The van der Waals surface area contributed by atoms with Gasteiger partial charge in [0, 0.05) is 17.3 Å². The van der Waals surface area contributed by atoms with E-state index in [2.05, 4.69) is 22.1 Å². The number of amides is 2. The van der Waals surface area contributed by atoms with Crippen molar-refractivity contribution in [3.63, 3.8) is 0 Å². The van der Waals surface area contributed by atoms with Crippen LogP contribution in [0.15, 0.2) is 11.4 Å². The maximum Gasteiger partial charge on any atom is 0.315 e. The molecule has 110 valence electrons.